The number of aromatic nitrogens is 1. The van der Waals surface area contributed by atoms with Gasteiger partial charge in [-0.05, 0) is 25.1 Å². The van der Waals surface area contributed by atoms with Crippen molar-refractivity contribution in [2.45, 2.75) is 13.5 Å². The molecule has 0 fully saturated rings. The van der Waals surface area contributed by atoms with Crippen molar-refractivity contribution in [3.8, 4) is 5.75 Å². The zero-order chi connectivity index (χ0) is 17.9. The molecule has 2 aromatic rings. The van der Waals surface area contributed by atoms with Crippen LogP contribution in [0.4, 0.5) is 11.4 Å². The van der Waals surface area contributed by atoms with Gasteiger partial charge in [0.1, 0.15) is 12.3 Å². The summed E-state index contributed by atoms with van der Waals surface area (Å²) in [5.74, 6) is -0.0534. The molecule has 0 bridgehead atoms. The Bertz CT molecular complexity index is 863. The molecule has 0 saturated heterocycles. The van der Waals surface area contributed by atoms with E-state index in [0.29, 0.717) is 16.5 Å². The number of nitrogens with one attached hydrogen (secondary N) is 1. The van der Waals surface area contributed by atoms with Crippen LogP contribution in [0.2, 0.25) is 5.02 Å². The van der Waals surface area contributed by atoms with Gasteiger partial charge in [-0.3, -0.25) is 24.3 Å². The van der Waals surface area contributed by atoms with Gasteiger partial charge in [-0.2, -0.15) is 0 Å². The fourth-order valence-electron chi connectivity index (χ4n) is 2.14. The normalized spacial score (nSPS) is 10.3. The molecule has 0 aliphatic heterocycles. The zero-order valence-corrected chi connectivity index (χ0v) is 13.7. The van der Waals surface area contributed by atoms with Crippen LogP contribution in [0.5, 0.6) is 5.75 Å². The van der Waals surface area contributed by atoms with E-state index in [0.717, 1.165) is 16.7 Å². The van der Waals surface area contributed by atoms with Gasteiger partial charge >= 0.3 is 0 Å². The van der Waals surface area contributed by atoms with E-state index >= 15 is 0 Å². The highest BCUT2D eigenvalue weighted by atomic mass is 35.5. The molecule has 0 spiro atoms. The van der Waals surface area contributed by atoms with E-state index in [1.807, 2.05) is 0 Å². The topological polar surface area (TPSA) is 103 Å². The second-order valence-electron chi connectivity index (χ2n) is 4.88. The summed E-state index contributed by atoms with van der Waals surface area (Å²) in [6.07, 6.45) is 0. The number of pyridine rings is 1. The number of methoxy groups -OCH3 is 1. The van der Waals surface area contributed by atoms with Crippen LogP contribution in [-0.4, -0.2) is 22.5 Å². The lowest BCUT2D eigenvalue weighted by atomic mass is 10.3. The smallest absolute Gasteiger partial charge is 0.288 e. The molecule has 0 atom stereocenters. The van der Waals surface area contributed by atoms with Gasteiger partial charge in [0.2, 0.25) is 5.91 Å². The number of carbonyl (C=O) groups is 1. The predicted molar refractivity (Wildman–Crippen MR) is 88.7 cm³/mol. The highest BCUT2D eigenvalue weighted by molar-refractivity contribution is 6.32. The van der Waals surface area contributed by atoms with Gasteiger partial charge < -0.3 is 10.1 Å². The molecule has 1 aromatic carbocycles. The summed E-state index contributed by atoms with van der Waals surface area (Å²) < 4.78 is 6.05. The SMILES string of the molecule is COc1ccc(NC(=O)Cn2c(C)c([N+](=O)[O-])ccc2=O)cc1Cl. The van der Waals surface area contributed by atoms with Gasteiger partial charge in [0.05, 0.1) is 22.7 Å². The third-order valence-corrected chi connectivity index (χ3v) is 3.65. The lowest BCUT2D eigenvalue weighted by Gasteiger charge is -2.11. The van der Waals surface area contributed by atoms with Crippen LogP contribution >= 0.6 is 11.6 Å². The number of nitrogens with zero attached hydrogens (tertiary/aromatic N) is 2. The number of benzene rings is 1. The number of nitro groups is 1. The van der Waals surface area contributed by atoms with Crippen molar-refractivity contribution in [2.24, 2.45) is 0 Å². The second-order valence-corrected chi connectivity index (χ2v) is 5.29. The number of carbonyl (C=O) groups excluding carboxylic acids is 1. The van der Waals surface area contributed by atoms with Crippen LogP contribution in [0.15, 0.2) is 35.1 Å². The van der Waals surface area contributed by atoms with Gasteiger partial charge in [0.25, 0.3) is 11.2 Å². The Labute approximate surface area is 141 Å². The molecule has 0 aliphatic carbocycles. The Morgan fingerprint density at radius 1 is 1.38 bits per heavy atom. The highest BCUT2D eigenvalue weighted by Crippen LogP contribution is 2.27. The average molecular weight is 352 g/mol. The molecule has 0 saturated carbocycles. The van der Waals surface area contributed by atoms with Crippen LogP contribution in [0.25, 0.3) is 0 Å². The van der Waals surface area contributed by atoms with Gasteiger partial charge in [-0.1, -0.05) is 11.6 Å². The van der Waals surface area contributed by atoms with E-state index < -0.39 is 16.4 Å². The largest absolute Gasteiger partial charge is 0.495 e. The lowest BCUT2D eigenvalue weighted by molar-refractivity contribution is -0.386. The van der Waals surface area contributed by atoms with Gasteiger partial charge in [-0.25, -0.2) is 0 Å². The van der Waals surface area contributed by atoms with Crippen LogP contribution in [0.3, 0.4) is 0 Å². The fraction of sp³-hybridized carbons (Fsp3) is 0.200. The maximum atomic E-state index is 12.1. The Morgan fingerprint density at radius 2 is 2.08 bits per heavy atom. The number of anilines is 1. The quantitative estimate of drug-likeness (QED) is 0.657. The summed E-state index contributed by atoms with van der Waals surface area (Å²) >= 11 is 5.97. The minimum atomic E-state index is -0.605. The minimum absolute atomic E-state index is 0.107. The number of ether oxygens (including phenoxy) is 1. The van der Waals surface area contributed by atoms with E-state index in [9.17, 15) is 19.7 Å². The third kappa shape index (κ3) is 3.72. The predicted octanol–water partition coefficient (Wildman–Crippen LogP) is 2.37. The Morgan fingerprint density at radius 3 is 2.67 bits per heavy atom. The first-order chi connectivity index (χ1) is 11.3. The van der Waals surface area contributed by atoms with Gasteiger partial charge in [0.15, 0.2) is 0 Å². The van der Waals surface area contributed by atoms with E-state index in [1.54, 1.807) is 12.1 Å². The van der Waals surface area contributed by atoms with Gasteiger partial charge in [-0.15, -0.1) is 0 Å². The molecule has 1 aromatic heterocycles. The molecule has 0 aliphatic rings. The first kappa shape index (κ1) is 17.5. The zero-order valence-electron chi connectivity index (χ0n) is 12.9. The monoisotopic (exact) mass is 351 g/mol. The molecule has 0 radical (unpaired) electrons. The maximum absolute atomic E-state index is 12.1. The molecular formula is C15H14ClN3O5. The van der Waals surface area contributed by atoms with Gasteiger partial charge in [0, 0.05) is 17.8 Å². The van der Waals surface area contributed by atoms with Crippen molar-refractivity contribution in [3.63, 3.8) is 0 Å². The first-order valence-corrected chi connectivity index (χ1v) is 7.19. The number of hydrogen-bond donors (Lipinski definition) is 1. The molecule has 1 N–H and O–H groups in total. The molecule has 9 heteroatoms. The third-order valence-electron chi connectivity index (χ3n) is 3.36. The number of amides is 1. The highest BCUT2D eigenvalue weighted by Gasteiger charge is 2.17. The molecule has 1 amide bonds. The van der Waals surface area contributed by atoms with Crippen molar-refractivity contribution in [1.82, 2.24) is 4.57 Å². The summed E-state index contributed by atoms with van der Waals surface area (Å²) in [7, 11) is 1.47. The Balaban J connectivity index is 2.21. The molecule has 2 rings (SSSR count). The van der Waals surface area contributed by atoms with E-state index in [2.05, 4.69) is 5.32 Å². The number of rotatable bonds is 5. The van der Waals surface area contributed by atoms with Crippen molar-refractivity contribution < 1.29 is 14.5 Å². The maximum Gasteiger partial charge on any atom is 0.288 e. The Hall–Kier alpha value is -2.87. The van der Waals surface area contributed by atoms with Crippen LogP contribution < -0.4 is 15.6 Å². The Kier molecular flexibility index (Phi) is 5.20. The van der Waals surface area contributed by atoms with Crippen molar-refractivity contribution >= 4 is 28.9 Å². The minimum Gasteiger partial charge on any atom is -0.495 e. The second kappa shape index (κ2) is 7.14. The molecule has 0 unspecified atom stereocenters. The van der Waals surface area contributed by atoms with E-state index in [4.69, 9.17) is 16.3 Å². The molecule has 126 valence electrons. The molecule has 8 nitrogen and oxygen atoms in total. The summed E-state index contributed by atoms with van der Waals surface area (Å²) in [5, 5.41) is 13.8. The lowest BCUT2D eigenvalue weighted by Crippen LogP contribution is -2.29. The molecule has 1 heterocycles. The molecular weight excluding hydrogens is 338 g/mol. The van der Waals surface area contributed by atoms with Crippen molar-refractivity contribution in [2.75, 3.05) is 12.4 Å². The average Bonchev–Trinajstić information content (AvgIpc) is 2.51. The summed E-state index contributed by atoms with van der Waals surface area (Å²) in [6, 6.07) is 6.85. The van der Waals surface area contributed by atoms with Crippen LogP contribution in [0.1, 0.15) is 5.69 Å². The van der Waals surface area contributed by atoms with E-state index in [1.165, 1.54) is 20.1 Å². The first-order valence-electron chi connectivity index (χ1n) is 6.81. The number of hydrogen-bond acceptors (Lipinski definition) is 5. The standard InChI is InChI=1S/C15H14ClN3O5/c1-9-12(19(22)23)4-6-15(21)18(9)8-14(20)17-10-3-5-13(24-2)11(16)7-10/h3-7H,8H2,1-2H3,(H,17,20). The van der Waals surface area contributed by atoms with Crippen LogP contribution in [-0.2, 0) is 11.3 Å². The summed E-state index contributed by atoms with van der Waals surface area (Å²) in [4.78, 5) is 34.3. The van der Waals surface area contributed by atoms with Crippen LogP contribution in [0, 0.1) is 17.0 Å². The number of halogens is 1. The fourth-order valence-corrected chi connectivity index (χ4v) is 2.40. The molecule has 24 heavy (non-hydrogen) atoms. The van der Waals surface area contributed by atoms with Crippen molar-refractivity contribution in [3.05, 3.63) is 61.5 Å². The summed E-state index contributed by atoms with van der Waals surface area (Å²) in [5.41, 5.74) is -0.201. The van der Waals surface area contributed by atoms with Crippen molar-refractivity contribution in [1.29, 1.82) is 0 Å². The summed E-state index contributed by atoms with van der Waals surface area (Å²) in [6.45, 7) is 1.06. The van der Waals surface area contributed by atoms with E-state index in [-0.39, 0.29) is 17.9 Å².